The molecule has 98 valence electrons. The van der Waals surface area contributed by atoms with Crippen LogP contribution in [0.2, 0.25) is 0 Å². The molecule has 5 heteroatoms. The van der Waals surface area contributed by atoms with Gasteiger partial charge in [-0.05, 0) is 34.0 Å². The van der Waals surface area contributed by atoms with Crippen molar-refractivity contribution in [1.29, 1.82) is 0 Å². The van der Waals surface area contributed by atoms with Crippen molar-refractivity contribution in [3.63, 3.8) is 0 Å². The van der Waals surface area contributed by atoms with Gasteiger partial charge in [0, 0.05) is 0 Å². The van der Waals surface area contributed by atoms with Crippen molar-refractivity contribution in [2.45, 2.75) is 19.4 Å². The highest BCUT2D eigenvalue weighted by molar-refractivity contribution is 5.57. The molecular weight excluding hydrogens is 242 g/mol. The molecule has 0 spiro atoms. The van der Waals surface area contributed by atoms with Crippen molar-refractivity contribution < 1.29 is 4.92 Å². The maximum absolute atomic E-state index is 10.9. The zero-order chi connectivity index (χ0) is 13.7. The lowest BCUT2D eigenvalue weighted by Crippen LogP contribution is -2.11. The first-order valence-corrected chi connectivity index (χ1v) is 6.13. The summed E-state index contributed by atoms with van der Waals surface area (Å²) in [6.45, 7) is 2.03. The van der Waals surface area contributed by atoms with Crippen LogP contribution in [-0.4, -0.2) is 9.91 Å². The average Bonchev–Trinajstić information content (AvgIpc) is 2.46. The van der Waals surface area contributed by atoms with Gasteiger partial charge in [-0.15, -0.1) is 0 Å². The highest BCUT2D eigenvalue weighted by Gasteiger charge is 2.17. The monoisotopic (exact) mass is 257 g/mol. The standard InChI is InChI=1S/C14H15N3O2/c1-2-12(11-7-4-3-5-8-11)16-13-9-6-10-15-14(13)17(18)19/h3-10,12,16H,2H2,1H3. The fraction of sp³-hybridized carbons (Fsp3) is 0.214. The summed E-state index contributed by atoms with van der Waals surface area (Å²) in [7, 11) is 0. The topological polar surface area (TPSA) is 68.1 Å². The molecule has 0 fully saturated rings. The van der Waals surface area contributed by atoms with Gasteiger partial charge in [0.05, 0.1) is 6.04 Å². The van der Waals surface area contributed by atoms with Crippen LogP contribution in [0.15, 0.2) is 48.7 Å². The van der Waals surface area contributed by atoms with Crippen LogP contribution < -0.4 is 5.32 Å². The SMILES string of the molecule is CCC(Nc1cccnc1[N+](=O)[O-])c1ccccc1. The quantitative estimate of drug-likeness (QED) is 0.657. The van der Waals surface area contributed by atoms with E-state index in [4.69, 9.17) is 0 Å². The molecule has 19 heavy (non-hydrogen) atoms. The number of benzene rings is 1. The van der Waals surface area contributed by atoms with Gasteiger partial charge in [-0.3, -0.25) is 0 Å². The van der Waals surface area contributed by atoms with Gasteiger partial charge in [0.1, 0.15) is 11.9 Å². The fourth-order valence-electron chi connectivity index (χ4n) is 1.95. The zero-order valence-electron chi connectivity index (χ0n) is 10.6. The van der Waals surface area contributed by atoms with Crippen LogP contribution in [0.4, 0.5) is 11.5 Å². The van der Waals surface area contributed by atoms with Gasteiger partial charge >= 0.3 is 5.82 Å². The highest BCUT2D eigenvalue weighted by Crippen LogP contribution is 2.27. The van der Waals surface area contributed by atoms with E-state index >= 15 is 0 Å². The first-order chi connectivity index (χ1) is 9.22. The number of aromatic nitrogens is 1. The first kappa shape index (κ1) is 13.0. The number of rotatable bonds is 5. The molecule has 1 unspecified atom stereocenters. The molecule has 0 saturated heterocycles. The Morgan fingerprint density at radius 3 is 2.63 bits per heavy atom. The minimum Gasteiger partial charge on any atom is -0.371 e. The smallest absolute Gasteiger partial charge is 0.371 e. The molecule has 5 nitrogen and oxygen atoms in total. The molecule has 0 saturated carbocycles. The van der Waals surface area contributed by atoms with Crippen molar-refractivity contribution in [2.75, 3.05) is 5.32 Å². The van der Waals surface area contributed by atoms with Crippen molar-refractivity contribution >= 4 is 11.5 Å². The molecule has 0 aliphatic carbocycles. The Bertz CT molecular complexity index is 558. The largest absolute Gasteiger partial charge is 0.386 e. The molecule has 0 bridgehead atoms. The van der Waals surface area contributed by atoms with E-state index in [1.54, 1.807) is 12.1 Å². The minimum atomic E-state index is -0.472. The molecule has 0 aliphatic heterocycles. The van der Waals surface area contributed by atoms with Crippen LogP contribution in [0, 0.1) is 10.1 Å². The van der Waals surface area contributed by atoms with Crippen molar-refractivity contribution in [1.82, 2.24) is 4.98 Å². The van der Waals surface area contributed by atoms with E-state index in [0.717, 1.165) is 12.0 Å². The van der Waals surface area contributed by atoms with Crippen LogP contribution in [0.1, 0.15) is 24.9 Å². The number of nitro groups is 1. The van der Waals surface area contributed by atoms with Crippen LogP contribution in [0.5, 0.6) is 0 Å². The number of nitrogens with one attached hydrogen (secondary N) is 1. The Morgan fingerprint density at radius 2 is 2.00 bits per heavy atom. The lowest BCUT2D eigenvalue weighted by atomic mass is 10.0. The van der Waals surface area contributed by atoms with Crippen LogP contribution in [0.3, 0.4) is 0 Å². The van der Waals surface area contributed by atoms with Crippen LogP contribution >= 0.6 is 0 Å². The number of hydrogen-bond acceptors (Lipinski definition) is 4. The minimum absolute atomic E-state index is 0.0316. The second kappa shape index (κ2) is 5.95. The summed E-state index contributed by atoms with van der Waals surface area (Å²) in [6, 6.07) is 13.3. The van der Waals surface area contributed by atoms with Gasteiger partial charge in [0.15, 0.2) is 0 Å². The second-order valence-corrected chi connectivity index (χ2v) is 4.15. The Kier molecular flexibility index (Phi) is 4.07. The van der Waals surface area contributed by atoms with Crippen LogP contribution in [-0.2, 0) is 0 Å². The van der Waals surface area contributed by atoms with Gasteiger partial charge in [-0.2, -0.15) is 0 Å². The lowest BCUT2D eigenvalue weighted by molar-refractivity contribution is -0.388. The lowest BCUT2D eigenvalue weighted by Gasteiger charge is -2.18. The molecule has 0 radical (unpaired) electrons. The van der Waals surface area contributed by atoms with Crippen LogP contribution in [0.25, 0.3) is 0 Å². The normalized spacial score (nSPS) is 11.8. The molecule has 1 aromatic carbocycles. The number of pyridine rings is 1. The molecule has 1 N–H and O–H groups in total. The third-order valence-electron chi connectivity index (χ3n) is 2.90. The fourth-order valence-corrected chi connectivity index (χ4v) is 1.95. The van der Waals surface area contributed by atoms with E-state index in [2.05, 4.69) is 10.3 Å². The molecular formula is C14H15N3O2. The van der Waals surface area contributed by atoms with E-state index in [9.17, 15) is 10.1 Å². The maximum atomic E-state index is 10.9. The van der Waals surface area contributed by atoms with E-state index in [1.807, 2.05) is 37.3 Å². The van der Waals surface area contributed by atoms with Gasteiger partial charge in [0.25, 0.3) is 0 Å². The summed E-state index contributed by atoms with van der Waals surface area (Å²) in [5.74, 6) is -0.142. The van der Waals surface area contributed by atoms with Crippen molar-refractivity contribution in [3.8, 4) is 0 Å². The average molecular weight is 257 g/mol. The highest BCUT2D eigenvalue weighted by atomic mass is 16.6. The van der Waals surface area contributed by atoms with E-state index in [0.29, 0.717) is 5.69 Å². The molecule has 1 atom stereocenters. The number of hydrogen-bond donors (Lipinski definition) is 1. The van der Waals surface area contributed by atoms with Gasteiger partial charge in [-0.25, -0.2) is 0 Å². The van der Waals surface area contributed by atoms with E-state index in [1.165, 1.54) is 6.20 Å². The predicted molar refractivity (Wildman–Crippen MR) is 74.0 cm³/mol. The van der Waals surface area contributed by atoms with Gasteiger partial charge in [0.2, 0.25) is 0 Å². The van der Waals surface area contributed by atoms with E-state index < -0.39 is 4.92 Å². The predicted octanol–water partition coefficient (Wildman–Crippen LogP) is 3.55. The second-order valence-electron chi connectivity index (χ2n) is 4.15. The number of anilines is 1. The Morgan fingerprint density at radius 1 is 1.26 bits per heavy atom. The summed E-state index contributed by atoms with van der Waals surface area (Å²) in [5.41, 5.74) is 1.55. The summed E-state index contributed by atoms with van der Waals surface area (Å²) in [5, 5.41) is 14.1. The van der Waals surface area contributed by atoms with Gasteiger partial charge < -0.3 is 15.4 Å². The van der Waals surface area contributed by atoms with Crippen molar-refractivity contribution in [2.24, 2.45) is 0 Å². The maximum Gasteiger partial charge on any atom is 0.386 e. The summed E-state index contributed by atoms with van der Waals surface area (Å²) >= 11 is 0. The summed E-state index contributed by atoms with van der Waals surface area (Å²) in [6.07, 6.45) is 2.25. The van der Waals surface area contributed by atoms with Crippen molar-refractivity contribution in [3.05, 3.63) is 64.3 Å². The summed E-state index contributed by atoms with van der Waals surface area (Å²) in [4.78, 5) is 14.3. The third kappa shape index (κ3) is 3.07. The van der Waals surface area contributed by atoms with E-state index in [-0.39, 0.29) is 11.9 Å². The molecule has 2 aromatic rings. The molecule has 2 rings (SSSR count). The Labute approximate surface area is 111 Å². The molecule has 1 aromatic heterocycles. The summed E-state index contributed by atoms with van der Waals surface area (Å²) < 4.78 is 0. The van der Waals surface area contributed by atoms with Gasteiger partial charge in [-0.1, -0.05) is 37.3 Å². The zero-order valence-corrected chi connectivity index (χ0v) is 10.6. The Balaban J connectivity index is 2.27. The third-order valence-corrected chi connectivity index (χ3v) is 2.90. The molecule has 0 amide bonds. The molecule has 0 aliphatic rings. The Hall–Kier alpha value is -2.43. The molecule has 1 heterocycles. The number of nitrogens with zero attached hydrogens (tertiary/aromatic N) is 2. The first-order valence-electron chi connectivity index (χ1n) is 6.13.